The zero-order valence-corrected chi connectivity index (χ0v) is 33.0. The van der Waals surface area contributed by atoms with Gasteiger partial charge in [-0.25, -0.2) is 9.97 Å². The number of benzene rings is 9. The van der Waals surface area contributed by atoms with Crippen molar-refractivity contribution in [2.75, 3.05) is 0 Å². The summed E-state index contributed by atoms with van der Waals surface area (Å²) in [6, 6.07) is 74.2. The Hall–Kier alpha value is -7.42. The average Bonchev–Trinajstić information content (AvgIpc) is 3.55. The maximum absolute atomic E-state index is 5.47. The summed E-state index contributed by atoms with van der Waals surface area (Å²) in [5.41, 5.74) is 17.2. The zero-order chi connectivity index (χ0) is 39.5. The third kappa shape index (κ3) is 5.79. The summed E-state index contributed by atoms with van der Waals surface area (Å²) in [5.74, 6) is 0.702. The highest BCUT2D eigenvalue weighted by molar-refractivity contribution is 6.08. The number of rotatable bonds is 6. The topological polar surface area (TPSA) is 25.8 Å². The molecule has 0 spiro atoms. The van der Waals surface area contributed by atoms with Crippen LogP contribution in [0.4, 0.5) is 0 Å². The number of aromatic nitrogens is 2. The quantitative estimate of drug-likeness (QED) is 0.169. The van der Waals surface area contributed by atoms with Gasteiger partial charge in [-0.2, -0.15) is 0 Å². The lowest BCUT2D eigenvalue weighted by molar-refractivity contribution is 0.662. The molecule has 0 bridgehead atoms. The Labute approximate surface area is 345 Å². The molecule has 10 aromatic rings. The summed E-state index contributed by atoms with van der Waals surface area (Å²) in [5, 5.41) is 4.89. The molecule has 59 heavy (non-hydrogen) atoms. The van der Waals surface area contributed by atoms with Gasteiger partial charge in [-0.3, -0.25) is 0 Å². The first-order valence-electron chi connectivity index (χ1n) is 20.4. The minimum atomic E-state index is -0.181. The highest BCUT2D eigenvalue weighted by Crippen LogP contribution is 2.55. The van der Waals surface area contributed by atoms with Gasteiger partial charge in [0.25, 0.3) is 0 Å². The van der Waals surface area contributed by atoms with Crippen LogP contribution >= 0.6 is 0 Å². The van der Waals surface area contributed by atoms with Crippen LogP contribution in [0.15, 0.2) is 206 Å². The first kappa shape index (κ1) is 34.8. The molecule has 1 aliphatic rings. The van der Waals surface area contributed by atoms with Crippen molar-refractivity contribution in [2.24, 2.45) is 0 Å². The Morgan fingerprint density at radius 3 is 1.66 bits per heavy atom. The molecule has 1 aromatic heterocycles. The second-order valence-corrected chi connectivity index (χ2v) is 16.1. The monoisotopic (exact) mass is 752 g/mol. The molecule has 2 heteroatoms. The average molecular weight is 753 g/mol. The lowest BCUT2D eigenvalue weighted by atomic mass is 9.78. The maximum Gasteiger partial charge on any atom is 0.161 e. The summed E-state index contributed by atoms with van der Waals surface area (Å²) >= 11 is 0. The van der Waals surface area contributed by atoms with Gasteiger partial charge < -0.3 is 0 Å². The van der Waals surface area contributed by atoms with Crippen molar-refractivity contribution < 1.29 is 0 Å². The Balaban J connectivity index is 1.11. The largest absolute Gasteiger partial charge is 0.228 e. The van der Waals surface area contributed by atoms with Crippen molar-refractivity contribution >= 4 is 21.5 Å². The Morgan fingerprint density at radius 1 is 0.339 bits per heavy atom. The summed E-state index contributed by atoms with van der Waals surface area (Å²) in [6.45, 7) is 4.76. The SMILES string of the molecule is CC1(C)c2ccc3ccccc3c2-c2cccc(-c3ccc(-c4nc(-c5ccccc5)cc(-c5ccc(-c6ccccc6)cc5-c5ccccc5)n4)c4ccccc34)c21. The summed E-state index contributed by atoms with van der Waals surface area (Å²) < 4.78 is 0. The van der Waals surface area contributed by atoms with Crippen molar-refractivity contribution in [3.63, 3.8) is 0 Å². The molecule has 11 rings (SSSR count). The molecule has 1 aliphatic carbocycles. The smallest absolute Gasteiger partial charge is 0.161 e. The second-order valence-electron chi connectivity index (χ2n) is 16.1. The predicted molar refractivity (Wildman–Crippen MR) is 247 cm³/mol. The first-order chi connectivity index (χ1) is 29.0. The van der Waals surface area contributed by atoms with Crippen LogP contribution in [0.3, 0.4) is 0 Å². The van der Waals surface area contributed by atoms with Gasteiger partial charge >= 0.3 is 0 Å². The molecule has 9 aromatic carbocycles. The van der Waals surface area contributed by atoms with Crippen molar-refractivity contribution in [3.05, 3.63) is 217 Å². The molecule has 1 heterocycles. The Bertz CT molecular complexity index is 3220. The van der Waals surface area contributed by atoms with Gasteiger partial charge in [0.15, 0.2) is 5.82 Å². The van der Waals surface area contributed by atoms with Crippen LogP contribution in [-0.4, -0.2) is 9.97 Å². The molecule has 0 unspecified atom stereocenters. The fourth-order valence-electron chi connectivity index (χ4n) is 9.50. The summed E-state index contributed by atoms with van der Waals surface area (Å²) in [6.07, 6.45) is 0. The third-order valence-electron chi connectivity index (χ3n) is 12.3. The van der Waals surface area contributed by atoms with Crippen LogP contribution in [0.1, 0.15) is 25.0 Å². The van der Waals surface area contributed by atoms with Crippen LogP contribution in [0.25, 0.3) is 100.0 Å². The van der Waals surface area contributed by atoms with E-state index in [1.807, 2.05) is 0 Å². The molecule has 0 fully saturated rings. The molecule has 0 radical (unpaired) electrons. The molecule has 0 saturated heterocycles. The van der Waals surface area contributed by atoms with E-state index in [2.05, 4.69) is 220 Å². The van der Waals surface area contributed by atoms with Gasteiger partial charge in [-0.05, 0) is 95.4 Å². The van der Waals surface area contributed by atoms with E-state index in [1.54, 1.807) is 0 Å². The Morgan fingerprint density at radius 2 is 0.915 bits per heavy atom. The van der Waals surface area contributed by atoms with Gasteiger partial charge in [0.05, 0.1) is 11.4 Å². The van der Waals surface area contributed by atoms with Crippen LogP contribution in [-0.2, 0) is 5.41 Å². The number of hydrogen-bond acceptors (Lipinski definition) is 2. The molecule has 0 aliphatic heterocycles. The molecular formula is C57H40N2. The zero-order valence-electron chi connectivity index (χ0n) is 33.0. The molecule has 0 N–H and O–H groups in total. The number of hydrogen-bond donors (Lipinski definition) is 0. The molecule has 2 nitrogen and oxygen atoms in total. The van der Waals surface area contributed by atoms with Crippen LogP contribution in [0.2, 0.25) is 0 Å². The van der Waals surface area contributed by atoms with Gasteiger partial charge in [0.2, 0.25) is 0 Å². The lowest BCUT2D eigenvalue weighted by Crippen LogP contribution is -2.16. The molecule has 278 valence electrons. The predicted octanol–water partition coefficient (Wildman–Crippen LogP) is 15.1. The summed E-state index contributed by atoms with van der Waals surface area (Å²) in [7, 11) is 0. The van der Waals surface area contributed by atoms with Crippen LogP contribution in [0, 0.1) is 0 Å². The van der Waals surface area contributed by atoms with E-state index in [1.165, 1.54) is 60.7 Å². The van der Waals surface area contributed by atoms with E-state index < -0.39 is 0 Å². The fraction of sp³-hybridized carbons (Fsp3) is 0.0526. The van der Waals surface area contributed by atoms with Gasteiger partial charge in [0, 0.05) is 22.1 Å². The van der Waals surface area contributed by atoms with E-state index in [0.29, 0.717) is 5.82 Å². The van der Waals surface area contributed by atoms with Gasteiger partial charge in [0.1, 0.15) is 0 Å². The number of fused-ring (bicyclic) bond motifs is 6. The minimum absolute atomic E-state index is 0.181. The van der Waals surface area contributed by atoms with E-state index in [-0.39, 0.29) is 5.41 Å². The number of nitrogens with zero attached hydrogens (tertiary/aromatic N) is 2. The molecule has 0 atom stereocenters. The highest BCUT2D eigenvalue weighted by Gasteiger charge is 2.38. The van der Waals surface area contributed by atoms with Crippen molar-refractivity contribution in [3.8, 4) is 78.4 Å². The van der Waals surface area contributed by atoms with Crippen molar-refractivity contribution in [1.82, 2.24) is 9.97 Å². The normalized spacial score (nSPS) is 12.7. The Kier molecular flexibility index (Phi) is 8.20. The van der Waals surface area contributed by atoms with Gasteiger partial charge in [-0.15, -0.1) is 0 Å². The standard InChI is InChI=1S/C57H40N2/c1-57(2)51-34-30-39-21-12-13-24-42(39)54(51)49-28-16-27-47(55(49)57)45-32-33-48(44-26-15-14-25-43(44)45)56-58-52(40-22-10-5-11-23-40)36-53(59-56)46-31-29-41(37-17-6-3-7-18-37)35-50(46)38-19-8-4-9-20-38/h3-36H,1-2H3. The van der Waals surface area contributed by atoms with E-state index >= 15 is 0 Å². The molecular weight excluding hydrogens is 713 g/mol. The molecule has 0 amide bonds. The van der Waals surface area contributed by atoms with Crippen molar-refractivity contribution in [1.29, 1.82) is 0 Å². The van der Waals surface area contributed by atoms with Crippen molar-refractivity contribution in [2.45, 2.75) is 19.3 Å². The van der Waals surface area contributed by atoms with E-state index in [4.69, 9.17) is 9.97 Å². The van der Waals surface area contributed by atoms with E-state index in [0.717, 1.165) is 44.6 Å². The third-order valence-corrected chi connectivity index (χ3v) is 12.3. The highest BCUT2D eigenvalue weighted by atomic mass is 14.9. The van der Waals surface area contributed by atoms with Crippen LogP contribution in [0.5, 0.6) is 0 Å². The van der Waals surface area contributed by atoms with Crippen LogP contribution < -0.4 is 0 Å². The van der Waals surface area contributed by atoms with Gasteiger partial charge in [-0.1, -0.05) is 202 Å². The maximum atomic E-state index is 5.47. The summed E-state index contributed by atoms with van der Waals surface area (Å²) in [4.78, 5) is 10.8. The molecule has 0 saturated carbocycles. The minimum Gasteiger partial charge on any atom is -0.228 e. The second kappa shape index (κ2) is 13.9. The first-order valence-corrected chi connectivity index (χ1v) is 20.4. The fourth-order valence-corrected chi connectivity index (χ4v) is 9.50. The lowest BCUT2D eigenvalue weighted by Gasteiger charge is -2.25. The van der Waals surface area contributed by atoms with E-state index in [9.17, 15) is 0 Å².